The van der Waals surface area contributed by atoms with Crippen LogP contribution in [-0.2, 0) is 4.79 Å². The summed E-state index contributed by atoms with van der Waals surface area (Å²) >= 11 is 3.50. The SMILES string of the molecule is Cc1ccc([C@H](CNC(=O)c2c(C)c(-c3ccccc3)nc3ccc(Br)cc23)CC(=O)O)cc1. The third kappa shape index (κ3) is 5.18. The Morgan fingerprint density at radius 2 is 1.71 bits per heavy atom. The van der Waals surface area contributed by atoms with E-state index in [0.29, 0.717) is 5.56 Å². The monoisotopic (exact) mass is 516 g/mol. The molecule has 0 spiro atoms. The van der Waals surface area contributed by atoms with Crippen LogP contribution in [-0.4, -0.2) is 28.5 Å². The van der Waals surface area contributed by atoms with Crippen molar-refractivity contribution >= 4 is 38.7 Å². The fourth-order valence-electron chi connectivity index (χ4n) is 4.16. The van der Waals surface area contributed by atoms with Gasteiger partial charge in [0, 0.05) is 27.9 Å². The molecular weight excluding hydrogens is 492 g/mol. The number of pyridine rings is 1. The van der Waals surface area contributed by atoms with E-state index in [1.165, 1.54) is 0 Å². The molecule has 0 aliphatic rings. The van der Waals surface area contributed by atoms with E-state index in [9.17, 15) is 14.7 Å². The topological polar surface area (TPSA) is 79.3 Å². The van der Waals surface area contributed by atoms with Gasteiger partial charge in [-0.05, 0) is 43.2 Å². The van der Waals surface area contributed by atoms with Gasteiger partial charge in [-0.15, -0.1) is 0 Å². The molecule has 4 aromatic rings. The van der Waals surface area contributed by atoms with Crippen LogP contribution in [0.5, 0.6) is 0 Å². The number of hydrogen-bond donors (Lipinski definition) is 2. The van der Waals surface area contributed by atoms with Gasteiger partial charge in [0.25, 0.3) is 5.91 Å². The molecule has 0 bridgehead atoms. The molecule has 0 saturated carbocycles. The van der Waals surface area contributed by atoms with Crippen molar-refractivity contribution in [2.75, 3.05) is 6.54 Å². The third-order valence-electron chi connectivity index (χ3n) is 5.94. The van der Waals surface area contributed by atoms with Gasteiger partial charge in [0.05, 0.1) is 23.2 Å². The number of carbonyl (C=O) groups excluding carboxylic acids is 1. The summed E-state index contributed by atoms with van der Waals surface area (Å²) < 4.78 is 0.853. The first kappa shape index (κ1) is 23.6. The maximum atomic E-state index is 13.5. The molecule has 6 heteroatoms. The zero-order chi connectivity index (χ0) is 24.2. The number of carboxylic acids is 1. The summed E-state index contributed by atoms with van der Waals surface area (Å²) in [5, 5.41) is 13.2. The average molecular weight is 517 g/mol. The summed E-state index contributed by atoms with van der Waals surface area (Å²) in [7, 11) is 0. The lowest BCUT2D eigenvalue weighted by atomic mass is 9.94. The van der Waals surface area contributed by atoms with E-state index < -0.39 is 5.97 Å². The normalized spacial score (nSPS) is 11.9. The highest BCUT2D eigenvalue weighted by molar-refractivity contribution is 9.10. The minimum absolute atomic E-state index is 0.0692. The summed E-state index contributed by atoms with van der Waals surface area (Å²) in [6.07, 6.45) is -0.0692. The number of fused-ring (bicyclic) bond motifs is 1. The standard InChI is InChI=1S/C28H25BrN2O3/c1-17-8-10-19(11-9-17)21(14-25(32)33)16-30-28(34)26-18(2)27(20-6-4-3-5-7-20)31-24-13-12-22(29)15-23(24)26/h3-13,15,21H,14,16H2,1-2H3,(H,30,34)(H,32,33)/t21-/m0/s1. The van der Waals surface area contributed by atoms with Crippen molar-refractivity contribution < 1.29 is 14.7 Å². The molecule has 0 aliphatic carbocycles. The number of carboxylic acid groups (broad SMARTS) is 1. The number of carbonyl (C=O) groups is 2. The number of benzene rings is 3. The molecule has 5 nitrogen and oxygen atoms in total. The van der Waals surface area contributed by atoms with Crippen LogP contribution in [0.2, 0.25) is 0 Å². The second-order valence-electron chi connectivity index (χ2n) is 8.40. The second kappa shape index (κ2) is 10.2. The quantitative estimate of drug-likeness (QED) is 0.303. The minimum Gasteiger partial charge on any atom is -0.481 e. The van der Waals surface area contributed by atoms with Crippen LogP contribution in [0, 0.1) is 13.8 Å². The van der Waals surface area contributed by atoms with Crippen molar-refractivity contribution in [2.45, 2.75) is 26.2 Å². The predicted octanol–water partition coefficient (Wildman–Crippen LogP) is 6.27. The molecule has 0 saturated heterocycles. The number of halogens is 1. The fourth-order valence-corrected chi connectivity index (χ4v) is 4.52. The Balaban J connectivity index is 1.72. The molecule has 0 fully saturated rings. The van der Waals surface area contributed by atoms with Gasteiger partial charge in [0.2, 0.25) is 0 Å². The predicted molar refractivity (Wildman–Crippen MR) is 138 cm³/mol. The largest absolute Gasteiger partial charge is 0.481 e. The fraction of sp³-hybridized carbons (Fsp3) is 0.179. The molecule has 172 valence electrons. The molecule has 1 amide bonds. The highest BCUT2D eigenvalue weighted by atomic mass is 79.9. The maximum absolute atomic E-state index is 13.5. The van der Waals surface area contributed by atoms with Gasteiger partial charge in [0.15, 0.2) is 0 Å². The van der Waals surface area contributed by atoms with E-state index >= 15 is 0 Å². The van der Waals surface area contributed by atoms with E-state index in [1.54, 1.807) is 0 Å². The summed E-state index contributed by atoms with van der Waals surface area (Å²) in [5.74, 6) is -1.49. The van der Waals surface area contributed by atoms with Crippen LogP contribution in [0.3, 0.4) is 0 Å². The number of aryl methyl sites for hydroxylation is 1. The lowest BCUT2D eigenvalue weighted by Crippen LogP contribution is -2.30. The number of nitrogens with one attached hydrogen (secondary N) is 1. The van der Waals surface area contributed by atoms with Crippen LogP contribution in [0.25, 0.3) is 22.2 Å². The van der Waals surface area contributed by atoms with E-state index in [0.717, 1.165) is 43.3 Å². The Morgan fingerprint density at radius 1 is 1.00 bits per heavy atom. The molecule has 1 heterocycles. The van der Waals surface area contributed by atoms with Crippen molar-refractivity contribution in [1.29, 1.82) is 0 Å². The third-order valence-corrected chi connectivity index (χ3v) is 6.44. The van der Waals surface area contributed by atoms with Crippen LogP contribution in [0.1, 0.15) is 39.4 Å². The zero-order valence-electron chi connectivity index (χ0n) is 19.0. The summed E-state index contributed by atoms with van der Waals surface area (Å²) in [6, 6.07) is 23.2. The molecular formula is C28H25BrN2O3. The van der Waals surface area contributed by atoms with Gasteiger partial charge in [-0.1, -0.05) is 76.1 Å². The second-order valence-corrected chi connectivity index (χ2v) is 9.32. The molecule has 4 rings (SSSR count). The van der Waals surface area contributed by atoms with Crippen molar-refractivity contribution in [1.82, 2.24) is 10.3 Å². The van der Waals surface area contributed by atoms with Crippen LogP contribution in [0.4, 0.5) is 0 Å². The van der Waals surface area contributed by atoms with Gasteiger partial charge >= 0.3 is 5.97 Å². The van der Waals surface area contributed by atoms with Gasteiger partial charge in [-0.2, -0.15) is 0 Å². The van der Waals surface area contributed by atoms with Crippen LogP contribution >= 0.6 is 15.9 Å². The van der Waals surface area contributed by atoms with Crippen LogP contribution in [0.15, 0.2) is 77.3 Å². The van der Waals surface area contributed by atoms with Crippen molar-refractivity contribution in [3.63, 3.8) is 0 Å². The smallest absolute Gasteiger partial charge is 0.304 e. The molecule has 34 heavy (non-hydrogen) atoms. The van der Waals surface area contributed by atoms with Gasteiger partial charge in [-0.3, -0.25) is 9.59 Å². The average Bonchev–Trinajstić information content (AvgIpc) is 2.82. The highest BCUT2D eigenvalue weighted by Gasteiger charge is 2.22. The zero-order valence-corrected chi connectivity index (χ0v) is 20.6. The highest BCUT2D eigenvalue weighted by Crippen LogP contribution is 2.31. The Hall–Kier alpha value is -3.51. The molecule has 3 aromatic carbocycles. The molecule has 1 aromatic heterocycles. The number of aromatic nitrogens is 1. The number of amides is 1. The lowest BCUT2D eigenvalue weighted by Gasteiger charge is -2.19. The lowest BCUT2D eigenvalue weighted by molar-refractivity contribution is -0.137. The first-order valence-corrected chi connectivity index (χ1v) is 11.8. The maximum Gasteiger partial charge on any atom is 0.304 e. The van der Waals surface area contributed by atoms with Crippen molar-refractivity contribution in [3.8, 4) is 11.3 Å². The molecule has 2 N–H and O–H groups in total. The van der Waals surface area contributed by atoms with Gasteiger partial charge < -0.3 is 10.4 Å². The van der Waals surface area contributed by atoms with Crippen molar-refractivity contribution in [3.05, 3.63) is 99.5 Å². The minimum atomic E-state index is -0.902. The number of aliphatic carboxylic acids is 1. The van der Waals surface area contributed by atoms with E-state index in [4.69, 9.17) is 4.98 Å². The van der Waals surface area contributed by atoms with Gasteiger partial charge in [0.1, 0.15) is 0 Å². The van der Waals surface area contributed by atoms with Gasteiger partial charge in [-0.25, -0.2) is 4.98 Å². The Morgan fingerprint density at radius 3 is 2.38 bits per heavy atom. The molecule has 0 radical (unpaired) electrons. The summed E-state index contributed by atoms with van der Waals surface area (Å²) in [4.78, 5) is 29.9. The number of hydrogen-bond acceptors (Lipinski definition) is 3. The molecule has 0 aliphatic heterocycles. The van der Waals surface area contributed by atoms with Crippen LogP contribution < -0.4 is 5.32 Å². The number of rotatable bonds is 7. The number of nitrogens with zero attached hydrogens (tertiary/aromatic N) is 1. The summed E-state index contributed by atoms with van der Waals surface area (Å²) in [6.45, 7) is 4.10. The van der Waals surface area contributed by atoms with Crippen molar-refractivity contribution in [2.24, 2.45) is 0 Å². The van der Waals surface area contributed by atoms with E-state index in [-0.39, 0.29) is 24.8 Å². The summed E-state index contributed by atoms with van der Waals surface area (Å²) in [5.41, 5.74) is 5.71. The Bertz CT molecular complexity index is 1350. The first-order valence-electron chi connectivity index (χ1n) is 11.1. The first-order chi connectivity index (χ1) is 16.3. The Labute approximate surface area is 207 Å². The van der Waals surface area contributed by atoms with E-state index in [2.05, 4.69) is 21.2 Å². The molecule has 1 atom stereocenters. The van der Waals surface area contributed by atoms with E-state index in [1.807, 2.05) is 86.6 Å². The molecule has 0 unspecified atom stereocenters. The Kier molecular flexibility index (Phi) is 7.08.